The first kappa shape index (κ1) is 9.25. The highest BCUT2D eigenvalue weighted by Crippen LogP contribution is 2.34. The molecule has 14 heavy (non-hydrogen) atoms. The fourth-order valence-corrected chi connectivity index (χ4v) is 1.94. The van der Waals surface area contributed by atoms with Gasteiger partial charge >= 0.3 is 5.97 Å². The van der Waals surface area contributed by atoms with Gasteiger partial charge in [0.2, 0.25) is 0 Å². The van der Waals surface area contributed by atoms with E-state index in [1.807, 2.05) is 18.2 Å². The zero-order chi connectivity index (χ0) is 10.0. The van der Waals surface area contributed by atoms with Gasteiger partial charge in [-0.1, -0.05) is 37.3 Å². The van der Waals surface area contributed by atoms with E-state index in [1.165, 1.54) is 5.56 Å². The first-order valence-electron chi connectivity index (χ1n) is 4.92. The summed E-state index contributed by atoms with van der Waals surface area (Å²) in [7, 11) is 0. The molecule has 74 valence electrons. The number of cyclic esters (lactones) is 1. The van der Waals surface area contributed by atoms with Crippen LogP contribution in [-0.2, 0) is 14.9 Å². The Morgan fingerprint density at radius 3 is 2.64 bits per heavy atom. The van der Waals surface area contributed by atoms with Crippen LogP contribution in [0.15, 0.2) is 30.3 Å². The quantitative estimate of drug-likeness (QED) is 0.635. The van der Waals surface area contributed by atoms with E-state index in [-0.39, 0.29) is 11.4 Å². The fourth-order valence-electron chi connectivity index (χ4n) is 1.94. The van der Waals surface area contributed by atoms with Crippen LogP contribution in [0.5, 0.6) is 0 Å². The summed E-state index contributed by atoms with van der Waals surface area (Å²) in [6.07, 6.45) is 1.42. The van der Waals surface area contributed by atoms with Crippen molar-refractivity contribution in [3.8, 4) is 0 Å². The van der Waals surface area contributed by atoms with Gasteiger partial charge in [0.05, 0.1) is 13.0 Å². The van der Waals surface area contributed by atoms with Crippen molar-refractivity contribution >= 4 is 5.97 Å². The third-order valence-corrected chi connectivity index (χ3v) is 2.92. The average Bonchev–Trinajstić information content (AvgIpc) is 2.19. The number of benzene rings is 1. The van der Waals surface area contributed by atoms with E-state index in [9.17, 15) is 4.79 Å². The van der Waals surface area contributed by atoms with Crippen molar-refractivity contribution in [2.24, 2.45) is 0 Å². The normalized spacial score (nSPS) is 27.1. The third-order valence-electron chi connectivity index (χ3n) is 2.92. The van der Waals surface area contributed by atoms with Crippen molar-refractivity contribution in [3.63, 3.8) is 0 Å². The lowest BCUT2D eigenvalue weighted by molar-refractivity contribution is -0.149. The maximum atomic E-state index is 11.2. The summed E-state index contributed by atoms with van der Waals surface area (Å²) in [4.78, 5) is 11.2. The monoisotopic (exact) mass is 190 g/mol. The lowest BCUT2D eigenvalue weighted by Crippen LogP contribution is -2.33. The predicted molar refractivity (Wildman–Crippen MR) is 54.0 cm³/mol. The van der Waals surface area contributed by atoms with Gasteiger partial charge in [-0.3, -0.25) is 4.79 Å². The standard InChI is InChI=1S/C12H14O2/c1-12(7-8-14-11(13)9-12)10-5-3-2-4-6-10/h2-6H,7-9H2,1H3/t12-/m0/s1. The second kappa shape index (κ2) is 3.45. The number of carbonyl (C=O) groups excluding carboxylic acids is 1. The largest absolute Gasteiger partial charge is 0.466 e. The van der Waals surface area contributed by atoms with Crippen molar-refractivity contribution in [1.29, 1.82) is 0 Å². The topological polar surface area (TPSA) is 26.3 Å². The van der Waals surface area contributed by atoms with Gasteiger partial charge in [0.15, 0.2) is 0 Å². The molecule has 1 heterocycles. The Labute approximate surface area is 83.9 Å². The van der Waals surface area contributed by atoms with Gasteiger partial charge in [0.25, 0.3) is 0 Å². The summed E-state index contributed by atoms with van der Waals surface area (Å²) < 4.78 is 4.96. The molecule has 2 rings (SSSR count). The number of esters is 1. The first-order valence-corrected chi connectivity index (χ1v) is 4.92. The Hall–Kier alpha value is -1.31. The number of rotatable bonds is 1. The second-order valence-electron chi connectivity index (χ2n) is 4.07. The minimum Gasteiger partial charge on any atom is -0.466 e. The van der Waals surface area contributed by atoms with E-state index >= 15 is 0 Å². The molecule has 0 N–H and O–H groups in total. The Bertz CT molecular complexity index is 331. The third kappa shape index (κ3) is 1.65. The van der Waals surface area contributed by atoms with Crippen molar-refractivity contribution in [1.82, 2.24) is 0 Å². The highest BCUT2D eigenvalue weighted by Gasteiger charge is 2.33. The molecule has 2 heteroatoms. The van der Waals surface area contributed by atoms with E-state index in [0.29, 0.717) is 13.0 Å². The van der Waals surface area contributed by atoms with Crippen molar-refractivity contribution in [3.05, 3.63) is 35.9 Å². The molecule has 1 aliphatic heterocycles. The summed E-state index contributed by atoms with van der Waals surface area (Å²) in [6, 6.07) is 10.2. The van der Waals surface area contributed by atoms with Gasteiger partial charge in [-0.15, -0.1) is 0 Å². The van der Waals surface area contributed by atoms with Crippen molar-refractivity contribution < 1.29 is 9.53 Å². The highest BCUT2D eigenvalue weighted by molar-refractivity contribution is 5.72. The molecule has 1 aromatic carbocycles. The van der Waals surface area contributed by atoms with Crippen LogP contribution in [0.2, 0.25) is 0 Å². The Morgan fingerprint density at radius 1 is 1.29 bits per heavy atom. The average molecular weight is 190 g/mol. The van der Waals surface area contributed by atoms with Crippen molar-refractivity contribution in [2.45, 2.75) is 25.2 Å². The molecule has 1 saturated heterocycles. The SMILES string of the molecule is C[C@]1(c2ccccc2)CCOC(=O)C1. The minimum atomic E-state index is -0.0809. The molecular formula is C12H14O2. The van der Waals surface area contributed by atoms with Crippen LogP contribution in [0, 0.1) is 0 Å². The van der Waals surface area contributed by atoms with Gasteiger partial charge in [-0.05, 0) is 12.0 Å². The van der Waals surface area contributed by atoms with Gasteiger partial charge in [-0.25, -0.2) is 0 Å². The number of hydrogen-bond donors (Lipinski definition) is 0. The molecule has 1 fully saturated rings. The van der Waals surface area contributed by atoms with Gasteiger partial charge in [0, 0.05) is 5.41 Å². The van der Waals surface area contributed by atoms with Crippen LogP contribution in [0.25, 0.3) is 0 Å². The van der Waals surface area contributed by atoms with Gasteiger partial charge in [-0.2, -0.15) is 0 Å². The molecule has 0 aromatic heterocycles. The van der Waals surface area contributed by atoms with Crippen LogP contribution < -0.4 is 0 Å². The molecule has 0 amide bonds. The molecule has 1 atom stereocenters. The maximum Gasteiger partial charge on any atom is 0.306 e. The van der Waals surface area contributed by atoms with Crippen LogP contribution in [0.1, 0.15) is 25.3 Å². The molecule has 1 aromatic rings. The molecule has 0 spiro atoms. The number of hydrogen-bond acceptors (Lipinski definition) is 2. The van der Waals surface area contributed by atoms with E-state index in [1.54, 1.807) is 0 Å². The predicted octanol–water partition coefficient (Wildman–Crippen LogP) is 2.28. The van der Waals surface area contributed by atoms with Crippen LogP contribution in [0.4, 0.5) is 0 Å². The molecule has 0 saturated carbocycles. The molecule has 2 nitrogen and oxygen atoms in total. The minimum absolute atomic E-state index is 0.0312. The Balaban J connectivity index is 2.27. The maximum absolute atomic E-state index is 11.2. The molecule has 0 unspecified atom stereocenters. The van der Waals surface area contributed by atoms with E-state index in [2.05, 4.69) is 19.1 Å². The lowest BCUT2D eigenvalue weighted by Gasteiger charge is -2.32. The zero-order valence-corrected chi connectivity index (χ0v) is 8.32. The zero-order valence-electron chi connectivity index (χ0n) is 8.32. The summed E-state index contributed by atoms with van der Waals surface area (Å²) in [6.45, 7) is 2.67. The summed E-state index contributed by atoms with van der Waals surface area (Å²) >= 11 is 0. The van der Waals surface area contributed by atoms with Crippen molar-refractivity contribution in [2.75, 3.05) is 6.61 Å². The molecule has 1 aliphatic rings. The molecular weight excluding hydrogens is 176 g/mol. The second-order valence-corrected chi connectivity index (χ2v) is 4.07. The van der Waals surface area contributed by atoms with E-state index in [4.69, 9.17) is 4.74 Å². The van der Waals surface area contributed by atoms with Crippen LogP contribution in [-0.4, -0.2) is 12.6 Å². The molecule has 0 radical (unpaired) electrons. The van der Waals surface area contributed by atoms with Gasteiger partial charge in [0.1, 0.15) is 0 Å². The smallest absolute Gasteiger partial charge is 0.306 e. The number of carbonyl (C=O) groups is 1. The number of ether oxygens (including phenoxy) is 1. The Kier molecular flexibility index (Phi) is 2.28. The highest BCUT2D eigenvalue weighted by atomic mass is 16.5. The van der Waals surface area contributed by atoms with Crippen LogP contribution in [0.3, 0.4) is 0 Å². The Morgan fingerprint density at radius 2 is 2.00 bits per heavy atom. The van der Waals surface area contributed by atoms with E-state index in [0.717, 1.165) is 6.42 Å². The molecule has 0 aliphatic carbocycles. The van der Waals surface area contributed by atoms with Gasteiger partial charge < -0.3 is 4.74 Å². The van der Waals surface area contributed by atoms with E-state index < -0.39 is 0 Å². The first-order chi connectivity index (χ1) is 6.71. The molecule has 0 bridgehead atoms. The lowest BCUT2D eigenvalue weighted by atomic mass is 9.76. The summed E-state index contributed by atoms with van der Waals surface area (Å²) in [5.41, 5.74) is 1.20. The summed E-state index contributed by atoms with van der Waals surface area (Å²) in [5.74, 6) is -0.0809. The van der Waals surface area contributed by atoms with Crippen LogP contribution >= 0.6 is 0 Å². The summed E-state index contributed by atoms with van der Waals surface area (Å²) in [5, 5.41) is 0. The fraction of sp³-hybridized carbons (Fsp3) is 0.417.